The molecule has 1 unspecified atom stereocenters. The summed E-state index contributed by atoms with van der Waals surface area (Å²) in [6.45, 7) is 2.00. The summed E-state index contributed by atoms with van der Waals surface area (Å²) < 4.78 is 5.32. The molecule has 3 nitrogen and oxygen atoms in total. The Morgan fingerprint density at radius 1 is 1.62 bits per heavy atom. The molecule has 13 heavy (non-hydrogen) atoms. The number of hydrogen-bond donors (Lipinski definition) is 1. The highest BCUT2D eigenvalue weighted by atomic mass is 16.3. The van der Waals surface area contributed by atoms with E-state index >= 15 is 0 Å². The van der Waals surface area contributed by atoms with Crippen molar-refractivity contribution in [3.05, 3.63) is 23.7 Å². The van der Waals surface area contributed by atoms with Crippen molar-refractivity contribution < 1.29 is 9.21 Å². The smallest absolute Gasteiger partial charge is 0.153 e. The maximum Gasteiger partial charge on any atom is 0.153 e. The Hall–Kier alpha value is -1.09. The highest BCUT2D eigenvalue weighted by molar-refractivity contribution is 5.76. The SMILES string of the molecule is O=Cc1ccoc1C1CCCNC1. The molecule has 0 bridgehead atoms. The van der Waals surface area contributed by atoms with Crippen LogP contribution in [-0.4, -0.2) is 19.4 Å². The van der Waals surface area contributed by atoms with Gasteiger partial charge in [0.05, 0.1) is 11.8 Å². The van der Waals surface area contributed by atoms with E-state index in [-0.39, 0.29) is 0 Å². The first-order valence-corrected chi connectivity index (χ1v) is 4.65. The minimum absolute atomic E-state index is 0.379. The zero-order chi connectivity index (χ0) is 9.10. The van der Waals surface area contributed by atoms with Crippen molar-refractivity contribution in [2.45, 2.75) is 18.8 Å². The van der Waals surface area contributed by atoms with E-state index in [4.69, 9.17) is 4.42 Å². The van der Waals surface area contributed by atoms with Gasteiger partial charge in [-0.3, -0.25) is 4.79 Å². The van der Waals surface area contributed by atoms with Crippen molar-refractivity contribution in [2.75, 3.05) is 13.1 Å². The van der Waals surface area contributed by atoms with Crippen molar-refractivity contribution in [3.8, 4) is 0 Å². The fraction of sp³-hybridized carbons (Fsp3) is 0.500. The molecular formula is C10H13NO2. The lowest BCUT2D eigenvalue weighted by Gasteiger charge is -2.21. The van der Waals surface area contributed by atoms with E-state index in [0.29, 0.717) is 11.5 Å². The maximum absolute atomic E-state index is 10.7. The first-order chi connectivity index (χ1) is 6.42. The lowest BCUT2D eigenvalue weighted by atomic mass is 9.95. The van der Waals surface area contributed by atoms with Gasteiger partial charge in [0, 0.05) is 12.5 Å². The molecular weight excluding hydrogens is 166 g/mol. The van der Waals surface area contributed by atoms with Crippen LogP contribution in [-0.2, 0) is 0 Å². The van der Waals surface area contributed by atoms with E-state index in [1.54, 1.807) is 12.3 Å². The molecule has 70 valence electrons. The molecule has 1 aromatic rings. The Morgan fingerprint density at radius 3 is 3.23 bits per heavy atom. The Labute approximate surface area is 77.1 Å². The van der Waals surface area contributed by atoms with E-state index in [2.05, 4.69) is 5.32 Å². The number of hydrogen-bond acceptors (Lipinski definition) is 3. The third-order valence-corrected chi connectivity index (χ3v) is 2.52. The van der Waals surface area contributed by atoms with Gasteiger partial charge in [-0.2, -0.15) is 0 Å². The minimum Gasteiger partial charge on any atom is -0.468 e. The maximum atomic E-state index is 10.7. The van der Waals surface area contributed by atoms with Crippen LogP contribution in [0.1, 0.15) is 34.9 Å². The van der Waals surface area contributed by atoms with Gasteiger partial charge in [-0.05, 0) is 25.5 Å². The summed E-state index contributed by atoms with van der Waals surface area (Å²) in [5.41, 5.74) is 0.703. The van der Waals surface area contributed by atoms with Gasteiger partial charge < -0.3 is 9.73 Å². The summed E-state index contributed by atoms with van der Waals surface area (Å²) >= 11 is 0. The molecule has 1 aliphatic heterocycles. The molecule has 1 fully saturated rings. The predicted molar refractivity (Wildman–Crippen MR) is 48.9 cm³/mol. The number of nitrogens with one attached hydrogen (secondary N) is 1. The average Bonchev–Trinajstić information content (AvgIpc) is 2.67. The average molecular weight is 179 g/mol. The van der Waals surface area contributed by atoms with Crippen LogP contribution < -0.4 is 5.32 Å². The van der Waals surface area contributed by atoms with Crippen LogP contribution in [0, 0.1) is 0 Å². The standard InChI is InChI=1S/C10H13NO2/c12-7-9-3-5-13-10(9)8-2-1-4-11-6-8/h3,5,7-8,11H,1-2,4,6H2. The van der Waals surface area contributed by atoms with Crippen LogP contribution in [0.15, 0.2) is 16.7 Å². The zero-order valence-corrected chi connectivity index (χ0v) is 7.45. The van der Waals surface area contributed by atoms with Gasteiger partial charge in [-0.1, -0.05) is 0 Å². The summed E-state index contributed by atoms with van der Waals surface area (Å²) in [6.07, 6.45) is 4.73. The van der Waals surface area contributed by atoms with Crippen molar-refractivity contribution in [2.24, 2.45) is 0 Å². The Morgan fingerprint density at radius 2 is 2.54 bits per heavy atom. The molecule has 0 aliphatic carbocycles. The molecule has 1 atom stereocenters. The van der Waals surface area contributed by atoms with Gasteiger partial charge in [0.1, 0.15) is 5.76 Å². The Balaban J connectivity index is 2.17. The van der Waals surface area contributed by atoms with Crippen LogP contribution in [0.25, 0.3) is 0 Å². The molecule has 1 aliphatic rings. The first kappa shape index (κ1) is 8.51. The molecule has 3 heteroatoms. The Kier molecular flexibility index (Phi) is 2.45. The predicted octanol–water partition coefficient (Wildman–Crippen LogP) is 1.56. The molecule has 0 spiro atoms. The summed E-state index contributed by atoms with van der Waals surface area (Å²) in [4.78, 5) is 10.7. The third-order valence-electron chi connectivity index (χ3n) is 2.52. The van der Waals surface area contributed by atoms with E-state index in [1.807, 2.05) is 0 Å². The van der Waals surface area contributed by atoms with Crippen LogP contribution in [0.4, 0.5) is 0 Å². The third kappa shape index (κ3) is 1.65. The molecule has 2 heterocycles. The highest BCUT2D eigenvalue weighted by Gasteiger charge is 2.20. The Bertz CT molecular complexity index is 287. The fourth-order valence-electron chi connectivity index (χ4n) is 1.84. The monoisotopic (exact) mass is 179 g/mol. The topological polar surface area (TPSA) is 42.2 Å². The van der Waals surface area contributed by atoms with Crippen molar-refractivity contribution in [3.63, 3.8) is 0 Å². The number of carbonyl (C=O) groups is 1. The van der Waals surface area contributed by atoms with Crippen LogP contribution in [0.2, 0.25) is 0 Å². The fourth-order valence-corrected chi connectivity index (χ4v) is 1.84. The van der Waals surface area contributed by atoms with Crippen LogP contribution >= 0.6 is 0 Å². The second kappa shape index (κ2) is 3.75. The largest absolute Gasteiger partial charge is 0.468 e. The van der Waals surface area contributed by atoms with Crippen LogP contribution in [0.5, 0.6) is 0 Å². The first-order valence-electron chi connectivity index (χ1n) is 4.65. The molecule has 0 radical (unpaired) electrons. The molecule has 0 aromatic carbocycles. The number of furan rings is 1. The van der Waals surface area contributed by atoms with Crippen LogP contribution in [0.3, 0.4) is 0 Å². The van der Waals surface area contributed by atoms with Gasteiger partial charge in [-0.15, -0.1) is 0 Å². The number of carbonyl (C=O) groups excluding carboxylic acids is 1. The summed E-state index contributed by atoms with van der Waals surface area (Å²) in [7, 11) is 0. The minimum atomic E-state index is 0.379. The molecule has 0 amide bonds. The molecule has 1 N–H and O–H groups in total. The summed E-state index contributed by atoms with van der Waals surface area (Å²) in [5.74, 6) is 1.23. The zero-order valence-electron chi connectivity index (χ0n) is 7.45. The molecule has 2 rings (SSSR count). The summed E-state index contributed by atoms with van der Waals surface area (Å²) in [5, 5.41) is 3.30. The number of rotatable bonds is 2. The number of aldehydes is 1. The van der Waals surface area contributed by atoms with Gasteiger partial charge in [-0.25, -0.2) is 0 Å². The number of piperidine rings is 1. The van der Waals surface area contributed by atoms with Gasteiger partial charge in [0.2, 0.25) is 0 Å². The van der Waals surface area contributed by atoms with E-state index in [1.165, 1.54) is 0 Å². The van der Waals surface area contributed by atoms with Gasteiger partial charge in [0.15, 0.2) is 6.29 Å². The van der Waals surface area contributed by atoms with Crippen molar-refractivity contribution in [1.82, 2.24) is 5.32 Å². The lowest BCUT2D eigenvalue weighted by Crippen LogP contribution is -2.28. The summed E-state index contributed by atoms with van der Waals surface area (Å²) in [6, 6.07) is 1.73. The van der Waals surface area contributed by atoms with Gasteiger partial charge >= 0.3 is 0 Å². The van der Waals surface area contributed by atoms with Crippen molar-refractivity contribution in [1.29, 1.82) is 0 Å². The highest BCUT2D eigenvalue weighted by Crippen LogP contribution is 2.25. The van der Waals surface area contributed by atoms with E-state index in [9.17, 15) is 4.79 Å². The second-order valence-electron chi connectivity index (χ2n) is 3.40. The molecule has 1 saturated heterocycles. The molecule has 0 saturated carbocycles. The lowest BCUT2D eigenvalue weighted by molar-refractivity contribution is 0.112. The molecule has 1 aromatic heterocycles. The normalized spacial score (nSPS) is 22.9. The second-order valence-corrected chi connectivity index (χ2v) is 3.40. The quantitative estimate of drug-likeness (QED) is 0.700. The van der Waals surface area contributed by atoms with Gasteiger partial charge in [0.25, 0.3) is 0 Å². The van der Waals surface area contributed by atoms with E-state index < -0.39 is 0 Å². The van der Waals surface area contributed by atoms with Crippen molar-refractivity contribution >= 4 is 6.29 Å². The van der Waals surface area contributed by atoms with E-state index in [0.717, 1.165) is 38.0 Å².